The summed E-state index contributed by atoms with van der Waals surface area (Å²) in [5, 5.41) is 12.7. The molecule has 9 rings (SSSR count). The molecule has 0 fully saturated rings. The van der Waals surface area contributed by atoms with Gasteiger partial charge in [0.15, 0.2) is 0 Å². The van der Waals surface area contributed by atoms with E-state index in [9.17, 15) is 0 Å². The van der Waals surface area contributed by atoms with E-state index in [1.54, 1.807) is 0 Å². The molecular weight excluding hydrogens is 530 g/mol. The number of pyridine rings is 1. The van der Waals surface area contributed by atoms with Crippen molar-refractivity contribution in [3.05, 3.63) is 164 Å². The number of aromatic nitrogens is 1. The van der Waals surface area contributed by atoms with Crippen molar-refractivity contribution in [2.75, 3.05) is 0 Å². The molecule has 0 amide bonds. The summed E-state index contributed by atoms with van der Waals surface area (Å²) in [6.07, 6.45) is 2.01. The second kappa shape index (κ2) is 9.90. The topological polar surface area (TPSA) is 12.9 Å². The monoisotopic (exact) mass is 557 g/mol. The third kappa shape index (κ3) is 3.98. The van der Waals surface area contributed by atoms with Crippen molar-refractivity contribution >= 4 is 53.9 Å². The van der Waals surface area contributed by atoms with Crippen molar-refractivity contribution in [2.24, 2.45) is 0 Å². The summed E-state index contributed by atoms with van der Waals surface area (Å²) in [7, 11) is 0. The molecule has 9 aromatic rings. The Morgan fingerprint density at radius 2 is 0.841 bits per heavy atom. The van der Waals surface area contributed by atoms with Gasteiger partial charge in [-0.15, -0.1) is 0 Å². The molecule has 0 aliphatic rings. The summed E-state index contributed by atoms with van der Waals surface area (Å²) in [5.74, 6) is 0. The van der Waals surface area contributed by atoms with E-state index in [0.717, 1.165) is 16.8 Å². The smallest absolute Gasteiger partial charge is 0.0702 e. The molecule has 0 atom stereocenters. The van der Waals surface area contributed by atoms with Gasteiger partial charge in [0, 0.05) is 17.3 Å². The van der Waals surface area contributed by atoms with Crippen molar-refractivity contribution < 1.29 is 0 Å². The Balaban J connectivity index is 1.07. The summed E-state index contributed by atoms with van der Waals surface area (Å²) in [5.41, 5.74) is 6.90. The number of nitrogens with zero attached hydrogens (tertiary/aromatic N) is 1. The molecule has 1 aromatic heterocycles. The van der Waals surface area contributed by atoms with Crippen LogP contribution in [0.15, 0.2) is 164 Å². The fourth-order valence-electron chi connectivity index (χ4n) is 6.87. The molecule has 0 unspecified atom stereocenters. The first-order valence-electron chi connectivity index (χ1n) is 15.1. The zero-order valence-corrected chi connectivity index (χ0v) is 24.0. The average molecular weight is 558 g/mol. The zero-order valence-electron chi connectivity index (χ0n) is 24.0. The number of hydrogen-bond donors (Lipinski definition) is 0. The van der Waals surface area contributed by atoms with E-state index in [1.807, 2.05) is 6.20 Å². The Hall–Kier alpha value is -5.79. The first-order valence-corrected chi connectivity index (χ1v) is 15.1. The minimum Gasteiger partial charge on any atom is -0.256 e. The molecule has 0 bridgehead atoms. The van der Waals surface area contributed by atoms with Gasteiger partial charge < -0.3 is 0 Å². The van der Waals surface area contributed by atoms with Gasteiger partial charge in [-0.1, -0.05) is 133 Å². The van der Waals surface area contributed by atoms with Crippen molar-refractivity contribution in [3.63, 3.8) is 0 Å². The van der Waals surface area contributed by atoms with E-state index in [-0.39, 0.29) is 0 Å². The number of rotatable bonds is 3. The van der Waals surface area contributed by atoms with Crippen LogP contribution in [0.4, 0.5) is 0 Å². The Morgan fingerprint density at radius 3 is 1.55 bits per heavy atom. The summed E-state index contributed by atoms with van der Waals surface area (Å²) in [6.45, 7) is 0. The minimum absolute atomic E-state index is 0.978. The lowest BCUT2D eigenvalue weighted by Crippen LogP contribution is -1.88. The van der Waals surface area contributed by atoms with Crippen molar-refractivity contribution in [1.29, 1.82) is 0 Å². The first kappa shape index (κ1) is 24.8. The summed E-state index contributed by atoms with van der Waals surface area (Å²) in [6, 6.07) is 57.1. The standard InChI is InChI=1S/C43H27N/c1-2-10-35-28(8-1)9-7-15-36(35)32-18-16-30-25-33(19-17-29(30)24-32)43-23-21-34(27-44-43)31-20-22-41-39-13-4-3-11-37(39)38-12-5-6-14-40(38)42(41)26-31/h1-27H. The predicted molar refractivity (Wildman–Crippen MR) is 188 cm³/mol. The fraction of sp³-hybridized carbons (Fsp3) is 0. The maximum Gasteiger partial charge on any atom is 0.0702 e. The van der Waals surface area contributed by atoms with E-state index in [2.05, 4.69) is 158 Å². The van der Waals surface area contributed by atoms with E-state index in [4.69, 9.17) is 4.98 Å². The molecule has 0 N–H and O–H groups in total. The molecule has 1 heteroatoms. The molecule has 0 spiro atoms. The Bertz CT molecular complexity index is 2500. The lowest BCUT2D eigenvalue weighted by molar-refractivity contribution is 1.33. The third-order valence-electron chi connectivity index (χ3n) is 9.08. The number of hydrogen-bond acceptors (Lipinski definition) is 1. The fourth-order valence-corrected chi connectivity index (χ4v) is 6.87. The van der Waals surface area contributed by atoms with Gasteiger partial charge in [-0.3, -0.25) is 4.98 Å². The van der Waals surface area contributed by atoms with Gasteiger partial charge in [-0.2, -0.15) is 0 Å². The second-order valence-corrected chi connectivity index (χ2v) is 11.6. The SMILES string of the molecule is c1ccc2c(-c3ccc4cc(-c5ccc(-c6ccc7c8ccccc8c8ccccc8c7c6)cn5)ccc4c3)cccc2c1. The van der Waals surface area contributed by atoms with Gasteiger partial charge in [0.2, 0.25) is 0 Å². The van der Waals surface area contributed by atoms with Gasteiger partial charge in [-0.05, 0) is 94.8 Å². The van der Waals surface area contributed by atoms with Gasteiger partial charge in [0.25, 0.3) is 0 Å². The van der Waals surface area contributed by atoms with Gasteiger partial charge in [-0.25, -0.2) is 0 Å². The summed E-state index contributed by atoms with van der Waals surface area (Å²) < 4.78 is 0. The minimum atomic E-state index is 0.978. The predicted octanol–water partition coefficient (Wildman–Crippen LogP) is 11.8. The van der Waals surface area contributed by atoms with E-state index >= 15 is 0 Å². The maximum absolute atomic E-state index is 4.92. The quantitative estimate of drug-likeness (QED) is 0.197. The highest BCUT2D eigenvalue weighted by atomic mass is 14.7. The Kier molecular flexibility index (Phi) is 5.57. The molecule has 0 aliphatic carbocycles. The summed E-state index contributed by atoms with van der Waals surface area (Å²) in [4.78, 5) is 4.92. The van der Waals surface area contributed by atoms with Crippen LogP contribution in [0.5, 0.6) is 0 Å². The molecule has 0 aliphatic heterocycles. The maximum atomic E-state index is 4.92. The molecule has 0 saturated heterocycles. The van der Waals surface area contributed by atoms with Crippen LogP contribution >= 0.6 is 0 Å². The van der Waals surface area contributed by atoms with Gasteiger partial charge >= 0.3 is 0 Å². The second-order valence-electron chi connectivity index (χ2n) is 11.6. The molecule has 204 valence electrons. The van der Waals surface area contributed by atoms with Crippen LogP contribution in [-0.2, 0) is 0 Å². The van der Waals surface area contributed by atoms with Crippen molar-refractivity contribution in [3.8, 4) is 33.5 Å². The van der Waals surface area contributed by atoms with Crippen LogP contribution in [0, 0.1) is 0 Å². The van der Waals surface area contributed by atoms with E-state index in [0.29, 0.717) is 0 Å². The molecular formula is C43H27N. The highest BCUT2D eigenvalue weighted by Crippen LogP contribution is 2.37. The highest BCUT2D eigenvalue weighted by Gasteiger charge is 2.11. The Labute approximate surface area is 255 Å². The van der Waals surface area contributed by atoms with Crippen LogP contribution in [-0.4, -0.2) is 4.98 Å². The van der Waals surface area contributed by atoms with Crippen molar-refractivity contribution in [1.82, 2.24) is 4.98 Å². The normalized spacial score (nSPS) is 11.6. The average Bonchev–Trinajstić information content (AvgIpc) is 3.11. The van der Waals surface area contributed by atoms with Gasteiger partial charge in [0.1, 0.15) is 0 Å². The van der Waals surface area contributed by atoms with Crippen LogP contribution in [0.25, 0.3) is 87.4 Å². The summed E-state index contributed by atoms with van der Waals surface area (Å²) >= 11 is 0. The number of fused-ring (bicyclic) bond motifs is 8. The van der Waals surface area contributed by atoms with Crippen LogP contribution in [0.2, 0.25) is 0 Å². The van der Waals surface area contributed by atoms with Crippen LogP contribution in [0.1, 0.15) is 0 Å². The number of benzene rings is 8. The highest BCUT2D eigenvalue weighted by molar-refractivity contribution is 6.25. The van der Waals surface area contributed by atoms with Crippen molar-refractivity contribution in [2.45, 2.75) is 0 Å². The van der Waals surface area contributed by atoms with Crippen LogP contribution < -0.4 is 0 Å². The largest absolute Gasteiger partial charge is 0.256 e. The molecule has 44 heavy (non-hydrogen) atoms. The lowest BCUT2D eigenvalue weighted by atomic mass is 9.92. The van der Waals surface area contributed by atoms with Gasteiger partial charge in [0.05, 0.1) is 5.69 Å². The molecule has 0 saturated carbocycles. The Morgan fingerprint density at radius 1 is 0.295 bits per heavy atom. The van der Waals surface area contributed by atoms with E-state index < -0.39 is 0 Å². The van der Waals surface area contributed by atoms with Crippen LogP contribution in [0.3, 0.4) is 0 Å². The lowest BCUT2D eigenvalue weighted by Gasteiger charge is -2.12. The molecule has 0 radical (unpaired) electrons. The first-order chi connectivity index (χ1) is 21.8. The van der Waals surface area contributed by atoms with E-state index in [1.165, 1.54) is 70.6 Å². The molecule has 8 aromatic carbocycles. The third-order valence-corrected chi connectivity index (χ3v) is 9.08. The molecule has 1 nitrogen and oxygen atoms in total. The molecule has 1 heterocycles. The zero-order chi connectivity index (χ0) is 29.0.